The Morgan fingerprint density at radius 1 is 1.32 bits per heavy atom. The molecule has 1 amide bonds. The van der Waals surface area contributed by atoms with Gasteiger partial charge in [-0.05, 0) is 37.0 Å². The van der Waals surface area contributed by atoms with E-state index in [0.29, 0.717) is 6.54 Å². The Kier molecular flexibility index (Phi) is 5.42. The summed E-state index contributed by atoms with van der Waals surface area (Å²) in [4.78, 5) is 14.3. The molecule has 0 bridgehead atoms. The van der Waals surface area contributed by atoms with Gasteiger partial charge in [-0.3, -0.25) is 4.79 Å². The smallest absolute Gasteiger partial charge is 0.239 e. The first-order valence-electron chi connectivity index (χ1n) is 7.61. The molecular weight excluding hydrogens is 280 g/mol. The Bertz CT molecular complexity index is 522. The summed E-state index contributed by atoms with van der Waals surface area (Å²) < 4.78 is 10.7. The Morgan fingerprint density at radius 3 is 2.45 bits per heavy atom. The number of carbonyl (C=O) groups excluding carboxylic acids is 1. The van der Waals surface area contributed by atoms with Crippen LogP contribution in [0.3, 0.4) is 0 Å². The van der Waals surface area contributed by atoms with Gasteiger partial charge in [0.05, 0.1) is 19.3 Å². The molecule has 5 heteroatoms. The maximum Gasteiger partial charge on any atom is 0.239 e. The molecule has 0 radical (unpaired) electrons. The molecule has 0 aromatic heterocycles. The number of nitrogens with one attached hydrogen (secondary N) is 1. The molecule has 0 saturated carbocycles. The van der Waals surface area contributed by atoms with Crippen molar-refractivity contribution in [2.24, 2.45) is 0 Å². The SMILES string of the molecule is COc1c(C)cc(CN(C)C(=O)[C@H]2C[C@@H](OC)CN2)cc1C. The summed E-state index contributed by atoms with van der Waals surface area (Å²) in [7, 11) is 5.22. The zero-order valence-electron chi connectivity index (χ0n) is 14.1. The van der Waals surface area contributed by atoms with Gasteiger partial charge in [-0.1, -0.05) is 12.1 Å². The minimum atomic E-state index is -0.143. The second-order valence-electron chi connectivity index (χ2n) is 6.01. The molecule has 1 heterocycles. The van der Waals surface area contributed by atoms with Gasteiger partial charge in [0.1, 0.15) is 5.75 Å². The molecule has 1 saturated heterocycles. The fraction of sp³-hybridized carbons (Fsp3) is 0.588. The van der Waals surface area contributed by atoms with Crippen LogP contribution in [0.4, 0.5) is 0 Å². The van der Waals surface area contributed by atoms with Crippen LogP contribution in [-0.2, 0) is 16.1 Å². The van der Waals surface area contributed by atoms with Gasteiger partial charge in [0.25, 0.3) is 0 Å². The molecular formula is C17H26N2O3. The molecule has 1 aliphatic heterocycles. The Hall–Kier alpha value is -1.59. The van der Waals surface area contributed by atoms with Crippen LogP contribution in [0.25, 0.3) is 0 Å². The van der Waals surface area contributed by atoms with E-state index in [-0.39, 0.29) is 18.1 Å². The molecule has 0 aliphatic carbocycles. The van der Waals surface area contributed by atoms with Gasteiger partial charge < -0.3 is 19.7 Å². The standard InChI is InChI=1S/C17H26N2O3/c1-11-6-13(7-12(2)16(11)22-5)10-19(3)17(20)15-8-14(21-4)9-18-15/h6-7,14-15,18H,8-10H2,1-5H3/t14-,15-/m1/s1. The lowest BCUT2D eigenvalue weighted by molar-refractivity contribution is -0.132. The third-order valence-corrected chi connectivity index (χ3v) is 4.24. The van der Waals surface area contributed by atoms with Crippen molar-refractivity contribution in [3.05, 3.63) is 28.8 Å². The molecule has 0 unspecified atom stereocenters. The third-order valence-electron chi connectivity index (χ3n) is 4.24. The average Bonchev–Trinajstić information content (AvgIpc) is 2.95. The molecule has 122 valence electrons. The van der Waals surface area contributed by atoms with E-state index in [1.54, 1.807) is 19.1 Å². The number of rotatable bonds is 5. The molecule has 0 spiro atoms. The number of likely N-dealkylation sites (N-methyl/N-ethyl adjacent to an activating group) is 1. The van der Waals surface area contributed by atoms with Crippen LogP contribution in [-0.4, -0.2) is 50.8 Å². The van der Waals surface area contributed by atoms with Crippen molar-refractivity contribution in [2.75, 3.05) is 27.8 Å². The van der Waals surface area contributed by atoms with Gasteiger partial charge in [0.15, 0.2) is 0 Å². The topological polar surface area (TPSA) is 50.8 Å². The lowest BCUT2D eigenvalue weighted by Crippen LogP contribution is -2.41. The average molecular weight is 306 g/mol. The number of amides is 1. The molecule has 1 fully saturated rings. The van der Waals surface area contributed by atoms with Crippen molar-refractivity contribution in [2.45, 2.75) is 39.0 Å². The minimum Gasteiger partial charge on any atom is -0.496 e. The van der Waals surface area contributed by atoms with E-state index < -0.39 is 0 Å². The van der Waals surface area contributed by atoms with Gasteiger partial charge in [0, 0.05) is 27.2 Å². The van der Waals surface area contributed by atoms with E-state index in [0.717, 1.165) is 35.4 Å². The monoisotopic (exact) mass is 306 g/mol. The molecule has 1 N–H and O–H groups in total. The number of ether oxygens (including phenoxy) is 2. The molecule has 1 aromatic carbocycles. The van der Waals surface area contributed by atoms with E-state index in [9.17, 15) is 4.79 Å². The highest BCUT2D eigenvalue weighted by atomic mass is 16.5. The normalized spacial score (nSPS) is 21.0. The summed E-state index contributed by atoms with van der Waals surface area (Å²) in [6.45, 7) is 5.39. The van der Waals surface area contributed by atoms with E-state index in [1.165, 1.54) is 0 Å². The second-order valence-corrected chi connectivity index (χ2v) is 6.01. The van der Waals surface area contributed by atoms with Crippen molar-refractivity contribution in [1.82, 2.24) is 10.2 Å². The first-order valence-corrected chi connectivity index (χ1v) is 7.61. The highest BCUT2D eigenvalue weighted by molar-refractivity contribution is 5.82. The summed E-state index contributed by atoms with van der Waals surface area (Å²) in [5.74, 6) is 1.03. The van der Waals surface area contributed by atoms with Crippen molar-refractivity contribution >= 4 is 5.91 Å². The quantitative estimate of drug-likeness (QED) is 0.899. The van der Waals surface area contributed by atoms with Crippen LogP contribution in [0, 0.1) is 13.8 Å². The van der Waals surface area contributed by atoms with Crippen LogP contribution in [0.5, 0.6) is 5.75 Å². The van der Waals surface area contributed by atoms with Crippen LogP contribution in [0.1, 0.15) is 23.1 Å². The molecule has 5 nitrogen and oxygen atoms in total. The maximum atomic E-state index is 12.5. The summed E-state index contributed by atoms with van der Waals surface area (Å²) in [5.41, 5.74) is 3.31. The number of benzene rings is 1. The van der Waals surface area contributed by atoms with E-state index >= 15 is 0 Å². The predicted octanol–water partition coefficient (Wildman–Crippen LogP) is 1.65. The van der Waals surface area contributed by atoms with Crippen LogP contribution < -0.4 is 10.1 Å². The number of carbonyl (C=O) groups is 1. The largest absolute Gasteiger partial charge is 0.496 e. The van der Waals surface area contributed by atoms with Gasteiger partial charge in [-0.15, -0.1) is 0 Å². The minimum absolute atomic E-state index is 0.116. The van der Waals surface area contributed by atoms with E-state index in [1.807, 2.05) is 20.9 Å². The molecule has 1 aliphatic rings. The van der Waals surface area contributed by atoms with Crippen molar-refractivity contribution in [3.63, 3.8) is 0 Å². The molecule has 22 heavy (non-hydrogen) atoms. The number of hydrogen-bond donors (Lipinski definition) is 1. The van der Waals surface area contributed by atoms with E-state index in [2.05, 4.69) is 17.4 Å². The second kappa shape index (κ2) is 7.11. The highest BCUT2D eigenvalue weighted by Gasteiger charge is 2.31. The predicted molar refractivity (Wildman–Crippen MR) is 86.1 cm³/mol. The number of hydrogen-bond acceptors (Lipinski definition) is 4. The van der Waals surface area contributed by atoms with Crippen LogP contribution in [0.15, 0.2) is 12.1 Å². The van der Waals surface area contributed by atoms with Gasteiger partial charge in [-0.2, -0.15) is 0 Å². The molecule has 2 rings (SSSR count). The number of aryl methyl sites for hydroxylation is 2. The summed E-state index contributed by atoms with van der Waals surface area (Å²) >= 11 is 0. The summed E-state index contributed by atoms with van der Waals surface area (Å²) in [6.07, 6.45) is 0.869. The Morgan fingerprint density at radius 2 is 1.95 bits per heavy atom. The van der Waals surface area contributed by atoms with Gasteiger partial charge >= 0.3 is 0 Å². The van der Waals surface area contributed by atoms with Crippen molar-refractivity contribution < 1.29 is 14.3 Å². The lowest BCUT2D eigenvalue weighted by atomic mass is 10.0. The van der Waals surface area contributed by atoms with E-state index in [4.69, 9.17) is 9.47 Å². The first-order chi connectivity index (χ1) is 10.5. The fourth-order valence-electron chi connectivity index (χ4n) is 3.14. The van der Waals surface area contributed by atoms with Crippen molar-refractivity contribution in [1.29, 1.82) is 0 Å². The van der Waals surface area contributed by atoms with Crippen LogP contribution in [0.2, 0.25) is 0 Å². The Labute approximate surface area is 132 Å². The third kappa shape index (κ3) is 3.59. The molecule has 1 aromatic rings. The summed E-state index contributed by atoms with van der Waals surface area (Å²) in [6, 6.07) is 4.01. The fourth-order valence-corrected chi connectivity index (χ4v) is 3.14. The lowest BCUT2D eigenvalue weighted by Gasteiger charge is -2.22. The zero-order chi connectivity index (χ0) is 16.3. The highest BCUT2D eigenvalue weighted by Crippen LogP contribution is 2.25. The first kappa shape index (κ1) is 16.8. The summed E-state index contributed by atoms with van der Waals surface area (Å²) in [5, 5.41) is 3.23. The van der Waals surface area contributed by atoms with Crippen molar-refractivity contribution in [3.8, 4) is 5.75 Å². The Balaban J connectivity index is 2.03. The molecule has 2 atom stereocenters. The zero-order valence-corrected chi connectivity index (χ0v) is 14.1. The van der Waals surface area contributed by atoms with Crippen LogP contribution >= 0.6 is 0 Å². The van der Waals surface area contributed by atoms with Gasteiger partial charge in [-0.25, -0.2) is 0 Å². The number of nitrogens with zero attached hydrogens (tertiary/aromatic N) is 1. The van der Waals surface area contributed by atoms with Gasteiger partial charge in [0.2, 0.25) is 5.91 Å². The maximum absolute atomic E-state index is 12.5. The number of methoxy groups -OCH3 is 2.